The minimum absolute atomic E-state index is 0.367. The fourth-order valence-electron chi connectivity index (χ4n) is 2.89. The maximum Gasteiger partial charge on any atom is 0.191 e. The number of ether oxygens (including phenoxy) is 1. The Hall–Kier alpha value is -3.19. The van der Waals surface area contributed by atoms with Crippen LogP contribution in [0.2, 0.25) is 0 Å². The smallest absolute Gasteiger partial charge is 0.191 e. The molecule has 1 aromatic carbocycles. The number of hydrogen-bond donors (Lipinski definition) is 2. The summed E-state index contributed by atoms with van der Waals surface area (Å²) >= 11 is 0. The summed E-state index contributed by atoms with van der Waals surface area (Å²) < 4.78 is 7.72. The molecule has 2 aromatic heterocycles. The van der Waals surface area contributed by atoms with Gasteiger partial charge >= 0.3 is 0 Å². The first kappa shape index (κ1) is 21.5. The monoisotopic (exact) mass is 406 g/mol. The van der Waals surface area contributed by atoms with E-state index in [2.05, 4.69) is 46.6 Å². The Bertz CT molecular complexity index is 895. The lowest BCUT2D eigenvalue weighted by molar-refractivity contribution is 0.0931. The number of rotatable bonds is 10. The van der Waals surface area contributed by atoms with Crippen LogP contribution in [-0.2, 0) is 17.9 Å². The van der Waals surface area contributed by atoms with Crippen molar-refractivity contribution >= 4 is 5.96 Å². The number of aromatic nitrogens is 3. The van der Waals surface area contributed by atoms with Crippen molar-refractivity contribution in [3.8, 4) is 5.82 Å². The van der Waals surface area contributed by atoms with Gasteiger partial charge in [-0.1, -0.05) is 37.3 Å². The third-order valence-corrected chi connectivity index (χ3v) is 4.47. The second-order valence-electron chi connectivity index (χ2n) is 7.17. The Kier molecular flexibility index (Phi) is 8.41. The second kappa shape index (κ2) is 11.7. The van der Waals surface area contributed by atoms with Gasteiger partial charge in [0.1, 0.15) is 12.1 Å². The van der Waals surface area contributed by atoms with Crippen LogP contribution in [-0.4, -0.2) is 40.2 Å². The molecule has 0 bridgehead atoms. The molecule has 0 aliphatic heterocycles. The Morgan fingerprint density at radius 2 is 2.00 bits per heavy atom. The summed E-state index contributed by atoms with van der Waals surface area (Å²) in [6, 6.07) is 14.2. The number of imidazole rings is 1. The maximum absolute atomic E-state index is 5.84. The first-order chi connectivity index (χ1) is 14.7. The maximum atomic E-state index is 5.84. The lowest BCUT2D eigenvalue weighted by Gasteiger charge is -2.16. The third-order valence-electron chi connectivity index (χ3n) is 4.47. The molecule has 1 unspecified atom stereocenters. The molecule has 0 aliphatic carbocycles. The fraction of sp³-hybridized carbons (Fsp3) is 0.348. The molecular formula is C23H30N6O. The van der Waals surface area contributed by atoms with E-state index in [1.54, 1.807) is 18.7 Å². The third kappa shape index (κ3) is 7.00. The quantitative estimate of drug-likeness (QED) is 0.399. The molecule has 158 valence electrons. The molecule has 2 heterocycles. The van der Waals surface area contributed by atoms with E-state index < -0.39 is 0 Å². The van der Waals surface area contributed by atoms with Gasteiger partial charge in [0.15, 0.2) is 5.96 Å². The summed E-state index contributed by atoms with van der Waals surface area (Å²) in [5.41, 5.74) is 2.28. The molecule has 0 amide bonds. The summed E-state index contributed by atoms with van der Waals surface area (Å²) in [6.45, 7) is 7.73. The molecule has 7 heteroatoms. The van der Waals surface area contributed by atoms with Gasteiger partial charge in [-0.25, -0.2) is 15.0 Å². The van der Waals surface area contributed by atoms with E-state index in [0.717, 1.165) is 30.4 Å². The zero-order valence-corrected chi connectivity index (χ0v) is 17.7. The number of benzene rings is 1. The van der Waals surface area contributed by atoms with Crippen LogP contribution in [0.3, 0.4) is 0 Å². The van der Waals surface area contributed by atoms with Crippen LogP contribution in [0, 0.1) is 5.92 Å². The number of hydrogen-bond acceptors (Lipinski definition) is 4. The van der Waals surface area contributed by atoms with Crippen LogP contribution >= 0.6 is 0 Å². The van der Waals surface area contributed by atoms with Gasteiger partial charge in [0.2, 0.25) is 0 Å². The molecular weight excluding hydrogens is 376 g/mol. The van der Waals surface area contributed by atoms with Crippen LogP contribution in [0.4, 0.5) is 0 Å². The Balaban J connectivity index is 1.47. The van der Waals surface area contributed by atoms with E-state index in [1.807, 2.05) is 41.1 Å². The van der Waals surface area contributed by atoms with Gasteiger partial charge in [-0.2, -0.15) is 0 Å². The standard InChI is InChI=1S/C23H30N6O/c1-3-25-23(27-14-19(2)16-30-17-20-7-5-4-6-8-20)28-15-21-9-10-26-22(13-21)29-12-11-24-18-29/h4-13,18-19H,3,14-17H2,1-2H3,(H2,25,27,28). The molecule has 0 fully saturated rings. The number of nitrogens with zero attached hydrogens (tertiary/aromatic N) is 4. The van der Waals surface area contributed by atoms with E-state index in [1.165, 1.54) is 5.56 Å². The van der Waals surface area contributed by atoms with Crippen molar-refractivity contribution < 1.29 is 4.74 Å². The fourth-order valence-corrected chi connectivity index (χ4v) is 2.89. The van der Waals surface area contributed by atoms with Gasteiger partial charge in [-0.15, -0.1) is 0 Å². The summed E-state index contributed by atoms with van der Waals surface area (Å²) in [4.78, 5) is 13.2. The molecule has 0 spiro atoms. The molecule has 1 atom stereocenters. The largest absolute Gasteiger partial charge is 0.376 e. The summed E-state index contributed by atoms with van der Waals surface area (Å²) in [5, 5.41) is 6.71. The Labute approximate surface area is 178 Å². The highest BCUT2D eigenvalue weighted by molar-refractivity contribution is 5.79. The minimum Gasteiger partial charge on any atom is -0.376 e. The van der Waals surface area contributed by atoms with E-state index in [9.17, 15) is 0 Å². The van der Waals surface area contributed by atoms with Crippen LogP contribution in [0.1, 0.15) is 25.0 Å². The predicted octanol–water partition coefficient (Wildman–Crippen LogP) is 3.18. The summed E-state index contributed by atoms with van der Waals surface area (Å²) in [7, 11) is 0. The van der Waals surface area contributed by atoms with Crippen molar-refractivity contribution in [2.75, 3.05) is 19.7 Å². The number of pyridine rings is 1. The van der Waals surface area contributed by atoms with Gasteiger partial charge in [0, 0.05) is 31.7 Å². The van der Waals surface area contributed by atoms with Crippen molar-refractivity contribution in [1.29, 1.82) is 0 Å². The SMILES string of the molecule is CCNC(=NCc1ccnc(-n2ccnc2)c1)NCC(C)COCc1ccccc1. The minimum atomic E-state index is 0.367. The normalized spacial score (nSPS) is 12.5. The van der Waals surface area contributed by atoms with Gasteiger partial charge in [0.05, 0.1) is 19.8 Å². The van der Waals surface area contributed by atoms with Gasteiger partial charge in [0.25, 0.3) is 0 Å². The highest BCUT2D eigenvalue weighted by Crippen LogP contribution is 2.08. The van der Waals surface area contributed by atoms with Crippen molar-refractivity contribution in [2.24, 2.45) is 10.9 Å². The van der Waals surface area contributed by atoms with Crippen molar-refractivity contribution in [3.63, 3.8) is 0 Å². The van der Waals surface area contributed by atoms with E-state index in [4.69, 9.17) is 9.73 Å². The molecule has 0 radical (unpaired) electrons. The number of nitrogens with one attached hydrogen (secondary N) is 2. The molecule has 30 heavy (non-hydrogen) atoms. The van der Waals surface area contributed by atoms with Crippen LogP contribution < -0.4 is 10.6 Å². The molecule has 0 aliphatic rings. The average molecular weight is 407 g/mol. The molecule has 2 N–H and O–H groups in total. The second-order valence-corrected chi connectivity index (χ2v) is 7.17. The van der Waals surface area contributed by atoms with Crippen molar-refractivity contribution in [1.82, 2.24) is 25.2 Å². The summed E-state index contributed by atoms with van der Waals surface area (Å²) in [5.74, 6) is 2.00. The molecule has 3 rings (SSSR count). The molecule has 3 aromatic rings. The lowest BCUT2D eigenvalue weighted by Crippen LogP contribution is -2.40. The lowest BCUT2D eigenvalue weighted by atomic mass is 10.2. The predicted molar refractivity (Wildman–Crippen MR) is 119 cm³/mol. The van der Waals surface area contributed by atoms with E-state index in [0.29, 0.717) is 25.7 Å². The number of guanidine groups is 1. The van der Waals surface area contributed by atoms with Gasteiger partial charge in [-0.3, -0.25) is 4.57 Å². The average Bonchev–Trinajstić information content (AvgIpc) is 3.32. The highest BCUT2D eigenvalue weighted by Gasteiger charge is 2.05. The summed E-state index contributed by atoms with van der Waals surface area (Å²) in [6.07, 6.45) is 7.15. The van der Waals surface area contributed by atoms with E-state index in [-0.39, 0.29) is 0 Å². The van der Waals surface area contributed by atoms with Crippen molar-refractivity contribution in [2.45, 2.75) is 27.0 Å². The number of aliphatic imine (C=N–C) groups is 1. The zero-order valence-electron chi connectivity index (χ0n) is 17.7. The van der Waals surface area contributed by atoms with Crippen LogP contribution in [0.5, 0.6) is 0 Å². The Morgan fingerprint density at radius 3 is 2.77 bits per heavy atom. The first-order valence-electron chi connectivity index (χ1n) is 10.3. The van der Waals surface area contributed by atoms with Crippen molar-refractivity contribution in [3.05, 3.63) is 78.5 Å². The van der Waals surface area contributed by atoms with Gasteiger partial charge in [-0.05, 0) is 36.1 Å². The molecule has 0 saturated carbocycles. The van der Waals surface area contributed by atoms with E-state index >= 15 is 0 Å². The van der Waals surface area contributed by atoms with Crippen LogP contribution in [0.25, 0.3) is 5.82 Å². The molecule has 0 saturated heterocycles. The van der Waals surface area contributed by atoms with Crippen LogP contribution in [0.15, 0.2) is 72.4 Å². The molecule has 7 nitrogen and oxygen atoms in total. The topological polar surface area (TPSA) is 76.4 Å². The van der Waals surface area contributed by atoms with Gasteiger partial charge < -0.3 is 15.4 Å². The Morgan fingerprint density at radius 1 is 1.13 bits per heavy atom. The first-order valence-corrected chi connectivity index (χ1v) is 10.3. The highest BCUT2D eigenvalue weighted by atomic mass is 16.5. The zero-order chi connectivity index (χ0) is 21.0.